The molecule has 0 amide bonds. The summed E-state index contributed by atoms with van der Waals surface area (Å²) in [5.74, 6) is -0.869. The van der Waals surface area contributed by atoms with Crippen molar-refractivity contribution in [3.05, 3.63) is 64.6 Å². The summed E-state index contributed by atoms with van der Waals surface area (Å²) in [6.45, 7) is 1.62. The number of aliphatic carboxylic acids is 1. The normalized spacial score (nSPS) is 17.6. The smallest absolute Gasteiger partial charge is 0.306 e. The van der Waals surface area contributed by atoms with Crippen LogP contribution < -0.4 is 0 Å². The highest BCUT2D eigenvalue weighted by atomic mass is 32.1. The van der Waals surface area contributed by atoms with E-state index in [0.29, 0.717) is 12.8 Å². The molecule has 128 valence electrons. The lowest BCUT2D eigenvalue weighted by Gasteiger charge is -2.36. The third-order valence-corrected chi connectivity index (χ3v) is 5.78. The molecule has 1 saturated heterocycles. The number of benzene rings is 1. The number of nitrogens with zero attached hydrogens (tertiary/aromatic N) is 2. The van der Waals surface area contributed by atoms with Crippen LogP contribution in [0, 0.1) is 5.92 Å². The van der Waals surface area contributed by atoms with Crippen LogP contribution in [-0.4, -0.2) is 34.0 Å². The molecular formula is C20H20N2O2S. The molecule has 0 radical (unpaired) electrons. The van der Waals surface area contributed by atoms with E-state index in [1.165, 1.54) is 16.5 Å². The molecule has 1 aromatic carbocycles. The third kappa shape index (κ3) is 3.30. The lowest BCUT2D eigenvalue weighted by atomic mass is 9.91. The Labute approximate surface area is 150 Å². The van der Waals surface area contributed by atoms with E-state index in [0.717, 1.165) is 18.5 Å². The maximum Gasteiger partial charge on any atom is 0.306 e. The van der Waals surface area contributed by atoms with Gasteiger partial charge in [0.05, 0.1) is 12.0 Å². The van der Waals surface area contributed by atoms with Gasteiger partial charge in [0, 0.05) is 17.8 Å². The van der Waals surface area contributed by atoms with Crippen LogP contribution in [0.15, 0.2) is 53.5 Å². The van der Waals surface area contributed by atoms with Gasteiger partial charge in [0.1, 0.15) is 0 Å². The predicted octanol–water partition coefficient (Wildman–Crippen LogP) is 4.18. The molecule has 1 N–H and O–H groups in total. The molecule has 1 aliphatic rings. The highest BCUT2D eigenvalue weighted by molar-refractivity contribution is 7.08. The number of carboxylic acid groups (broad SMARTS) is 1. The molecule has 4 nitrogen and oxygen atoms in total. The van der Waals surface area contributed by atoms with Crippen LogP contribution in [0.3, 0.4) is 0 Å². The number of fused-ring (bicyclic) bond motifs is 1. The molecule has 25 heavy (non-hydrogen) atoms. The zero-order valence-corrected chi connectivity index (χ0v) is 14.7. The molecule has 5 heteroatoms. The van der Waals surface area contributed by atoms with Crippen molar-refractivity contribution < 1.29 is 9.90 Å². The summed E-state index contributed by atoms with van der Waals surface area (Å²) in [5.41, 5.74) is 2.54. The molecule has 4 rings (SSSR count). The van der Waals surface area contributed by atoms with Gasteiger partial charge in [0.15, 0.2) is 0 Å². The Morgan fingerprint density at radius 3 is 2.72 bits per heavy atom. The molecule has 1 aliphatic heterocycles. The van der Waals surface area contributed by atoms with Gasteiger partial charge in [-0.25, -0.2) is 0 Å². The van der Waals surface area contributed by atoms with Crippen molar-refractivity contribution in [1.29, 1.82) is 0 Å². The fourth-order valence-electron chi connectivity index (χ4n) is 3.72. The number of hydrogen-bond acceptors (Lipinski definition) is 4. The van der Waals surface area contributed by atoms with Crippen LogP contribution in [0.25, 0.3) is 10.8 Å². The van der Waals surface area contributed by atoms with E-state index in [4.69, 9.17) is 0 Å². The Balaban J connectivity index is 1.68. The van der Waals surface area contributed by atoms with Gasteiger partial charge < -0.3 is 5.11 Å². The second-order valence-electron chi connectivity index (χ2n) is 6.59. The van der Waals surface area contributed by atoms with E-state index < -0.39 is 5.97 Å². The maximum atomic E-state index is 11.3. The molecule has 1 fully saturated rings. The quantitative estimate of drug-likeness (QED) is 0.765. The molecule has 0 spiro atoms. The van der Waals surface area contributed by atoms with Crippen molar-refractivity contribution in [1.82, 2.24) is 9.88 Å². The Morgan fingerprint density at radius 2 is 2.00 bits per heavy atom. The van der Waals surface area contributed by atoms with Gasteiger partial charge >= 0.3 is 5.97 Å². The Kier molecular flexibility index (Phi) is 4.51. The number of likely N-dealkylation sites (tertiary alicyclic amines) is 1. The van der Waals surface area contributed by atoms with E-state index in [1.54, 1.807) is 11.3 Å². The molecule has 3 heterocycles. The van der Waals surface area contributed by atoms with Crippen LogP contribution in [0.1, 0.15) is 30.0 Å². The first-order chi connectivity index (χ1) is 12.2. The highest BCUT2D eigenvalue weighted by Gasteiger charge is 2.30. The molecule has 2 aromatic heterocycles. The first kappa shape index (κ1) is 16.2. The topological polar surface area (TPSA) is 53.4 Å². The minimum atomic E-state index is -0.662. The molecule has 0 aliphatic carbocycles. The minimum absolute atomic E-state index is 0.179. The van der Waals surface area contributed by atoms with E-state index in [1.807, 2.05) is 18.5 Å². The number of carboxylic acids is 1. The maximum absolute atomic E-state index is 11.3. The second-order valence-corrected chi connectivity index (χ2v) is 7.37. The van der Waals surface area contributed by atoms with Gasteiger partial charge in [-0.3, -0.25) is 14.7 Å². The van der Waals surface area contributed by atoms with E-state index >= 15 is 0 Å². The average molecular weight is 352 g/mol. The highest BCUT2D eigenvalue weighted by Crippen LogP contribution is 2.34. The Morgan fingerprint density at radius 1 is 1.16 bits per heavy atom. The van der Waals surface area contributed by atoms with Crippen LogP contribution in [0.2, 0.25) is 0 Å². The summed E-state index contributed by atoms with van der Waals surface area (Å²) in [5, 5.41) is 15.9. The summed E-state index contributed by atoms with van der Waals surface area (Å²) in [4.78, 5) is 17.9. The monoisotopic (exact) mass is 352 g/mol. The molecule has 3 aromatic rings. The Hall–Kier alpha value is -2.24. The van der Waals surface area contributed by atoms with E-state index in [-0.39, 0.29) is 12.0 Å². The van der Waals surface area contributed by atoms with Crippen LogP contribution in [0.4, 0.5) is 0 Å². The zero-order valence-electron chi connectivity index (χ0n) is 13.8. The number of thiophene rings is 1. The lowest BCUT2D eigenvalue weighted by molar-refractivity contribution is -0.143. The number of aromatic nitrogens is 1. The van der Waals surface area contributed by atoms with Crippen molar-refractivity contribution in [2.24, 2.45) is 5.92 Å². The summed E-state index contributed by atoms with van der Waals surface area (Å²) < 4.78 is 0. The summed E-state index contributed by atoms with van der Waals surface area (Å²) in [7, 11) is 0. The van der Waals surface area contributed by atoms with Gasteiger partial charge in [-0.05, 0) is 71.4 Å². The lowest BCUT2D eigenvalue weighted by Crippen LogP contribution is -2.39. The van der Waals surface area contributed by atoms with Gasteiger partial charge in [-0.2, -0.15) is 11.3 Å². The van der Waals surface area contributed by atoms with Crippen molar-refractivity contribution >= 4 is 28.1 Å². The number of piperidine rings is 1. The van der Waals surface area contributed by atoms with Crippen LogP contribution in [0.5, 0.6) is 0 Å². The number of hydrogen-bond donors (Lipinski definition) is 1. The fourth-order valence-corrected chi connectivity index (χ4v) is 4.40. The number of carbonyl (C=O) groups is 1. The van der Waals surface area contributed by atoms with Gasteiger partial charge in [-0.15, -0.1) is 0 Å². The van der Waals surface area contributed by atoms with Crippen LogP contribution >= 0.6 is 11.3 Å². The molecule has 1 atom stereocenters. The van der Waals surface area contributed by atoms with Crippen molar-refractivity contribution in [2.45, 2.75) is 18.9 Å². The molecular weight excluding hydrogens is 332 g/mol. The van der Waals surface area contributed by atoms with Crippen LogP contribution in [-0.2, 0) is 4.79 Å². The molecule has 0 bridgehead atoms. The van der Waals surface area contributed by atoms with E-state index in [9.17, 15) is 9.90 Å². The minimum Gasteiger partial charge on any atom is -0.481 e. The third-order valence-electron chi connectivity index (χ3n) is 5.08. The van der Waals surface area contributed by atoms with Crippen molar-refractivity contribution in [3.8, 4) is 0 Å². The molecule has 1 unspecified atom stereocenters. The van der Waals surface area contributed by atoms with Gasteiger partial charge in [0.25, 0.3) is 0 Å². The average Bonchev–Trinajstić information content (AvgIpc) is 3.16. The summed E-state index contributed by atoms with van der Waals surface area (Å²) in [6.07, 6.45) is 5.14. The van der Waals surface area contributed by atoms with Gasteiger partial charge in [-0.1, -0.05) is 12.1 Å². The predicted molar refractivity (Wildman–Crippen MR) is 99.8 cm³/mol. The largest absolute Gasteiger partial charge is 0.481 e. The standard InChI is InChI=1S/C20H20N2O2S/c23-20(24)14-4-8-22(9-5-14)19(18-6-10-25-13-18)16-1-2-17-12-21-7-3-15(17)11-16/h1-3,6-7,10-14,19H,4-5,8-9H2,(H,23,24). The van der Waals surface area contributed by atoms with Crippen molar-refractivity contribution in [3.63, 3.8) is 0 Å². The zero-order chi connectivity index (χ0) is 17.2. The fraction of sp³-hybridized carbons (Fsp3) is 0.300. The SMILES string of the molecule is O=C(O)C1CCN(C(c2ccsc2)c2ccc3cnccc3c2)CC1. The first-order valence-corrected chi connectivity index (χ1v) is 9.49. The summed E-state index contributed by atoms with van der Waals surface area (Å²) in [6, 6.07) is 10.9. The number of rotatable bonds is 4. The molecule has 0 saturated carbocycles. The second kappa shape index (κ2) is 6.94. The summed E-state index contributed by atoms with van der Waals surface area (Å²) >= 11 is 1.70. The number of pyridine rings is 1. The van der Waals surface area contributed by atoms with Gasteiger partial charge in [0.2, 0.25) is 0 Å². The first-order valence-electron chi connectivity index (χ1n) is 8.55. The van der Waals surface area contributed by atoms with E-state index in [2.05, 4.69) is 44.9 Å². The van der Waals surface area contributed by atoms with Crippen molar-refractivity contribution in [2.75, 3.05) is 13.1 Å². The Bertz CT molecular complexity index is 870.